The van der Waals surface area contributed by atoms with Crippen molar-refractivity contribution in [3.05, 3.63) is 58.4 Å². The molecule has 0 saturated heterocycles. The number of amides is 1. The molecular formula is C20H24ClFN2O2. The molecule has 0 radical (unpaired) electrons. The number of carbonyl (C=O) groups is 1. The summed E-state index contributed by atoms with van der Waals surface area (Å²) >= 11 is 6.09. The number of nitrogens with one attached hydrogen (secondary N) is 2. The van der Waals surface area contributed by atoms with Crippen LogP contribution < -0.4 is 15.4 Å². The highest BCUT2D eigenvalue weighted by molar-refractivity contribution is 6.31. The number of ether oxygens (including phenoxy) is 1. The molecule has 0 bridgehead atoms. The molecule has 140 valence electrons. The van der Waals surface area contributed by atoms with Gasteiger partial charge in [0.05, 0.1) is 19.3 Å². The molecule has 26 heavy (non-hydrogen) atoms. The summed E-state index contributed by atoms with van der Waals surface area (Å²) in [5, 5.41) is 6.65. The maximum Gasteiger partial charge on any atom is 0.238 e. The van der Waals surface area contributed by atoms with E-state index in [4.69, 9.17) is 16.3 Å². The highest BCUT2D eigenvalue weighted by Gasteiger charge is 2.17. The molecule has 2 aromatic carbocycles. The first kappa shape index (κ1) is 20.2. The van der Waals surface area contributed by atoms with E-state index < -0.39 is 0 Å². The van der Waals surface area contributed by atoms with Crippen LogP contribution in [0, 0.1) is 18.7 Å². The number of hydrogen-bond acceptors (Lipinski definition) is 3. The Bertz CT molecular complexity index is 763. The minimum absolute atomic E-state index is 0.0600. The molecule has 2 aromatic rings. The zero-order valence-corrected chi connectivity index (χ0v) is 16.2. The molecule has 2 rings (SSSR count). The fourth-order valence-corrected chi connectivity index (χ4v) is 2.89. The topological polar surface area (TPSA) is 50.4 Å². The lowest BCUT2D eigenvalue weighted by molar-refractivity contribution is -0.115. The molecule has 0 aliphatic heterocycles. The molecule has 1 atom stereocenters. The first-order valence-electron chi connectivity index (χ1n) is 8.44. The number of anilines is 1. The summed E-state index contributed by atoms with van der Waals surface area (Å²) in [6, 6.07) is 9.71. The van der Waals surface area contributed by atoms with E-state index >= 15 is 0 Å². The first-order chi connectivity index (χ1) is 12.3. The van der Waals surface area contributed by atoms with Crippen LogP contribution in [0.3, 0.4) is 0 Å². The summed E-state index contributed by atoms with van der Waals surface area (Å²) in [5.74, 6) is 0.269. The van der Waals surface area contributed by atoms with Crippen LogP contribution in [0.15, 0.2) is 36.4 Å². The Hall–Kier alpha value is -2.11. The number of hydrogen-bond donors (Lipinski definition) is 2. The molecule has 6 heteroatoms. The maximum absolute atomic E-state index is 13.1. The average molecular weight is 379 g/mol. The standard InChI is InChI=1S/C20H24ClFN2O2/c1-12(2)20(14-5-7-15(22)8-6-14)23-11-19(25)24-17-9-13(3)16(21)10-18(17)26-4/h5-10,12,20,23H,11H2,1-4H3,(H,24,25)/t20-/m0/s1. The minimum Gasteiger partial charge on any atom is -0.495 e. The van der Waals surface area contributed by atoms with E-state index in [1.54, 1.807) is 24.3 Å². The Balaban J connectivity index is 2.05. The summed E-state index contributed by atoms with van der Waals surface area (Å²) < 4.78 is 18.4. The van der Waals surface area contributed by atoms with Gasteiger partial charge in [-0.05, 0) is 42.2 Å². The van der Waals surface area contributed by atoms with Gasteiger partial charge in [0.25, 0.3) is 0 Å². The molecule has 0 fully saturated rings. The fraction of sp³-hybridized carbons (Fsp3) is 0.350. The van der Waals surface area contributed by atoms with Crippen LogP contribution in [0.25, 0.3) is 0 Å². The molecule has 0 saturated carbocycles. The zero-order valence-electron chi connectivity index (χ0n) is 15.4. The van der Waals surface area contributed by atoms with E-state index in [1.807, 2.05) is 20.8 Å². The lowest BCUT2D eigenvalue weighted by Crippen LogP contribution is -2.33. The van der Waals surface area contributed by atoms with Crippen LogP contribution in [0.2, 0.25) is 5.02 Å². The number of carbonyl (C=O) groups excluding carboxylic acids is 1. The van der Waals surface area contributed by atoms with Crippen molar-refractivity contribution < 1.29 is 13.9 Å². The van der Waals surface area contributed by atoms with Gasteiger partial charge in [-0.3, -0.25) is 4.79 Å². The second kappa shape index (κ2) is 9.01. The molecule has 0 aliphatic rings. The Morgan fingerprint density at radius 2 is 1.88 bits per heavy atom. The molecule has 0 heterocycles. The van der Waals surface area contributed by atoms with Crippen LogP contribution in [-0.2, 0) is 4.79 Å². The molecule has 0 unspecified atom stereocenters. The number of aryl methyl sites for hydroxylation is 1. The summed E-state index contributed by atoms with van der Waals surface area (Å²) in [6.45, 7) is 6.07. The van der Waals surface area contributed by atoms with Crippen molar-refractivity contribution in [2.45, 2.75) is 26.8 Å². The highest BCUT2D eigenvalue weighted by Crippen LogP contribution is 2.31. The molecule has 0 spiro atoms. The van der Waals surface area contributed by atoms with Crippen LogP contribution in [0.1, 0.15) is 31.0 Å². The fourth-order valence-electron chi connectivity index (χ4n) is 2.74. The summed E-state index contributed by atoms with van der Waals surface area (Å²) in [6.07, 6.45) is 0. The van der Waals surface area contributed by atoms with E-state index in [-0.39, 0.29) is 30.2 Å². The average Bonchev–Trinajstić information content (AvgIpc) is 2.59. The van der Waals surface area contributed by atoms with Crippen molar-refractivity contribution in [3.63, 3.8) is 0 Å². The van der Waals surface area contributed by atoms with Gasteiger partial charge in [-0.2, -0.15) is 0 Å². The molecule has 2 N–H and O–H groups in total. The Morgan fingerprint density at radius 3 is 2.46 bits per heavy atom. The third-order valence-electron chi connectivity index (χ3n) is 4.13. The van der Waals surface area contributed by atoms with E-state index in [1.165, 1.54) is 19.2 Å². The number of rotatable bonds is 7. The van der Waals surface area contributed by atoms with Gasteiger partial charge < -0.3 is 15.4 Å². The van der Waals surface area contributed by atoms with Gasteiger partial charge in [-0.25, -0.2) is 4.39 Å². The third kappa shape index (κ3) is 5.19. The second-order valence-corrected chi connectivity index (χ2v) is 6.91. The largest absolute Gasteiger partial charge is 0.495 e. The summed E-state index contributed by atoms with van der Waals surface area (Å²) in [7, 11) is 1.53. The van der Waals surface area contributed by atoms with Crippen molar-refractivity contribution in [1.29, 1.82) is 0 Å². The quantitative estimate of drug-likeness (QED) is 0.732. The van der Waals surface area contributed by atoms with Crippen LogP contribution >= 0.6 is 11.6 Å². The van der Waals surface area contributed by atoms with E-state index in [2.05, 4.69) is 10.6 Å². The minimum atomic E-state index is -0.279. The highest BCUT2D eigenvalue weighted by atomic mass is 35.5. The van der Waals surface area contributed by atoms with E-state index in [0.29, 0.717) is 16.5 Å². The first-order valence-corrected chi connectivity index (χ1v) is 8.82. The number of halogens is 2. The van der Waals surface area contributed by atoms with Gasteiger partial charge in [0.2, 0.25) is 5.91 Å². The summed E-state index contributed by atoms with van der Waals surface area (Å²) in [5.41, 5.74) is 2.36. The van der Waals surface area contributed by atoms with Crippen molar-refractivity contribution in [1.82, 2.24) is 5.32 Å². The normalized spacial score (nSPS) is 12.1. The van der Waals surface area contributed by atoms with Gasteiger partial charge in [-0.15, -0.1) is 0 Å². The second-order valence-electron chi connectivity index (χ2n) is 6.50. The van der Waals surface area contributed by atoms with Crippen molar-refractivity contribution in [3.8, 4) is 5.75 Å². The molecule has 1 amide bonds. The van der Waals surface area contributed by atoms with Crippen LogP contribution in [0.4, 0.5) is 10.1 Å². The number of methoxy groups -OCH3 is 1. The Labute approximate surface area is 158 Å². The SMILES string of the molecule is COc1cc(Cl)c(C)cc1NC(=O)CN[C@H](c1ccc(F)cc1)C(C)C. The third-order valence-corrected chi connectivity index (χ3v) is 4.54. The molecule has 4 nitrogen and oxygen atoms in total. The van der Waals surface area contributed by atoms with Crippen LogP contribution in [-0.4, -0.2) is 19.6 Å². The lowest BCUT2D eigenvalue weighted by Gasteiger charge is -2.23. The van der Waals surface area contributed by atoms with Gasteiger partial charge in [0, 0.05) is 17.1 Å². The number of benzene rings is 2. The lowest BCUT2D eigenvalue weighted by atomic mass is 9.96. The van der Waals surface area contributed by atoms with Gasteiger partial charge in [0.15, 0.2) is 0 Å². The monoisotopic (exact) mass is 378 g/mol. The van der Waals surface area contributed by atoms with Crippen LogP contribution in [0.5, 0.6) is 5.75 Å². The predicted molar refractivity (Wildman–Crippen MR) is 103 cm³/mol. The molecule has 0 aromatic heterocycles. The van der Waals surface area contributed by atoms with Crippen molar-refractivity contribution >= 4 is 23.2 Å². The van der Waals surface area contributed by atoms with Crippen molar-refractivity contribution in [2.24, 2.45) is 5.92 Å². The molecular weight excluding hydrogens is 355 g/mol. The predicted octanol–water partition coefficient (Wildman–Crippen LogP) is 4.72. The molecule has 0 aliphatic carbocycles. The maximum atomic E-state index is 13.1. The van der Waals surface area contributed by atoms with E-state index in [9.17, 15) is 9.18 Å². The van der Waals surface area contributed by atoms with Gasteiger partial charge in [0.1, 0.15) is 11.6 Å². The Kier molecular flexibility index (Phi) is 7.00. The summed E-state index contributed by atoms with van der Waals surface area (Å²) in [4.78, 5) is 12.4. The van der Waals surface area contributed by atoms with Gasteiger partial charge >= 0.3 is 0 Å². The van der Waals surface area contributed by atoms with Gasteiger partial charge in [-0.1, -0.05) is 37.6 Å². The van der Waals surface area contributed by atoms with Crippen molar-refractivity contribution in [2.75, 3.05) is 19.0 Å². The van der Waals surface area contributed by atoms with E-state index in [0.717, 1.165) is 11.1 Å². The smallest absolute Gasteiger partial charge is 0.238 e. The zero-order chi connectivity index (χ0) is 19.3. The Morgan fingerprint density at radius 1 is 1.23 bits per heavy atom.